The summed E-state index contributed by atoms with van der Waals surface area (Å²) >= 11 is 0. The van der Waals surface area contributed by atoms with Crippen LogP contribution in [0, 0.1) is 0 Å². The molecule has 0 unspecified atom stereocenters. The minimum Gasteiger partial charge on any atom is -0.493 e. The lowest BCUT2D eigenvalue weighted by Crippen LogP contribution is -2.24. The van der Waals surface area contributed by atoms with E-state index in [4.69, 9.17) is 9.47 Å². The van der Waals surface area contributed by atoms with Crippen LogP contribution in [0.15, 0.2) is 42.5 Å². The predicted molar refractivity (Wildman–Crippen MR) is 85.8 cm³/mol. The highest BCUT2D eigenvalue weighted by Gasteiger charge is 2.34. The van der Waals surface area contributed by atoms with Gasteiger partial charge < -0.3 is 14.4 Å². The average Bonchev–Trinajstić information content (AvgIpc) is 2.80. The number of anilines is 1. The molecular weight excluding hydrogens is 278 g/mol. The molecule has 0 aliphatic carbocycles. The highest BCUT2D eigenvalue weighted by Crippen LogP contribution is 2.39. The highest BCUT2D eigenvalue weighted by molar-refractivity contribution is 6.04. The molecule has 0 saturated carbocycles. The normalized spacial score (nSPS) is 16.6. The number of methoxy groups -OCH3 is 2. The van der Waals surface area contributed by atoms with Gasteiger partial charge in [-0.3, -0.25) is 4.79 Å². The third-order valence-electron chi connectivity index (χ3n) is 4.19. The number of benzene rings is 2. The summed E-state index contributed by atoms with van der Waals surface area (Å²) in [5, 5.41) is 0. The molecule has 4 heteroatoms. The number of carbonyl (C=O) groups excluding carboxylic acids is 1. The van der Waals surface area contributed by atoms with E-state index in [0.29, 0.717) is 17.9 Å². The lowest BCUT2D eigenvalue weighted by atomic mass is 9.93. The van der Waals surface area contributed by atoms with E-state index in [1.165, 1.54) is 0 Å². The lowest BCUT2D eigenvalue weighted by molar-refractivity contribution is -0.119. The van der Waals surface area contributed by atoms with Crippen LogP contribution in [0.3, 0.4) is 0 Å². The van der Waals surface area contributed by atoms with Crippen LogP contribution in [0.1, 0.15) is 17.0 Å². The van der Waals surface area contributed by atoms with Crippen molar-refractivity contribution in [1.29, 1.82) is 0 Å². The fourth-order valence-corrected chi connectivity index (χ4v) is 3.01. The Morgan fingerprint density at radius 1 is 1.05 bits per heavy atom. The summed E-state index contributed by atoms with van der Waals surface area (Å²) in [5.41, 5.74) is 3.14. The van der Waals surface area contributed by atoms with Crippen molar-refractivity contribution in [3.8, 4) is 11.5 Å². The number of fused-ring (bicyclic) bond motifs is 1. The topological polar surface area (TPSA) is 38.8 Å². The fourth-order valence-electron chi connectivity index (χ4n) is 3.01. The minimum atomic E-state index is -0.140. The molecule has 1 aliphatic rings. The molecule has 22 heavy (non-hydrogen) atoms. The van der Waals surface area contributed by atoms with E-state index in [-0.39, 0.29) is 11.8 Å². The van der Waals surface area contributed by atoms with Crippen LogP contribution in [0.4, 0.5) is 5.69 Å². The Kier molecular flexibility index (Phi) is 3.75. The number of hydrogen-bond donors (Lipinski definition) is 0. The zero-order valence-electron chi connectivity index (χ0n) is 13.0. The first-order chi connectivity index (χ1) is 10.7. The van der Waals surface area contributed by atoms with Crippen LogP contribution in [-0.4, -0.2) is 27.2 Å². The Bertz CT molecular complexity index is 711. The van der Waals surface area contributed by atoms with Gasteiger partial charge in [-0.15, -0.1) is 0 Å². The molecule has 0 N–H and O–H groups in total. The summed E-state index contributed by atoms with van der Waals surface area (Å²) in [4.78, 5) is 14.3. The quantitative estimate of drug-likeness (QED) is 0.871. The molecule has 2 aromatic carbocycles. The van der Waals surface area contributed by atoms with Gasteiger partial charge in [0.25, 0.3) is 0 Å². The van der Waals surface area contributed by atoms with Gasteiger partial charge in [-0.05, 0) is 35.7 Å². The second kappa shape index (κ2) is 5.72. The molecule has 0 aromatic heterocycles. The number of hydrogen-bond acceptors (Lipinski definition) is 3. The molecule has 4 nitrogen and oxygen atoms in total. The number of amides is 1. The molecule has 2 aromatic rings. The summed E-state index contributed by atoms with van der Waals surface area (Å²) in [6.45, 7) is 0. The molecule has 0 spiro atoms. The van der Waals surface area contributed by atoms with Crippen molar-refractivity contribution in [3.63, 3.8) is 0 Å². The Morgan fingerprint density at radius 2 is 1.77 bits per heavy atom. The van der Waals surface area contributed by atoms with Crippen LogP contribution in [0.5, 0.6) is 11.5 Å². The third kappa shape index (κ3) is 2.30. The van der Waals surface area contributed by atoms with Gasteiger partial charge in [0, 0.05) is 12.7 Å². The molecule has 0 fully saturated rings. The van der Waals surface area contributed by atoms with Gasteiger partial charge in [-0.2, -0.15) is 0 Å². The van der Waals surface area contributed by atoms with Crippen molar-refractivity contribution < 1.29 is 14.3 Å². The van der Waals surface area contributed by atoms with E-state index >= 15 is 0 Å². The first kappa shape index (κ1) is 14.4. The molecule has 114 valence electrons. The van der Waals surface area contributed by atoms with E-state index in [0.717, 1.165) is 16.8 Å². The van der Waals surface area contributed by atoms with E-state index < -0.39 is 0 Å². The molecule has 0 bridgehead atoms. The van der Waals surface area contributed by atoms with E-state index in [9.17, 15) is 4.79 Å². The SMILES string of the molecule is COc1ccc(C[C@@H]2C(=O)N(C)c3ccccc32)cc1OC. The summed E-state index contributed by atoms with van der Waals surface area (Å²) < 4.78 is 10.6. The fraction of sp³-hybridized carbons (Fsp3) is 0.278. The largest absolute Gasteiger partial charge is 0.493 e. The summed E-state index contributed by atoms with van der Waals surface area (Å²) in [5.74, 6) is 1.38. The Balaban J connectivity index is 1.92. The van der Waals surface area contributed by atoms with E-state index in [1.807, 2.05) is 49.5 Å². The van der Waals surface area contributed by atoms with Crippen molar-refractivity contribution in [2.24, 2.45) is 0 Å². The monoisotopic (exact) mass is 297 g/mol. The second-order valence-electron chi connectivity index (χ2n) is 5.40. The molecule has 1 heterocycles. The number of nitrogens with zero attached hydrogens (tertiary/aromatic N) is 1. The number of carbonyl (C=O) groups is 1. The van der Waals surface area contributed by atoms with E-state index in [1.54, 1.807) is 19.1 Å². The van der Waals surface area contributed by atoms with Gasteiger partial charge in [0.05, 0.1) is 20.1 Å². The smallest absolute Gasteiger partial charge is 0.234 e. The Labute approximate surface area is 130 Å². The van der Waals surface area contributed by atoms with Gasteiger partial charge in [0.15, 0.2) is 11.5 Å². The molecule has 3 rings (SSSR count). The Morgan fingerprint density at radius 3 is 2.50 bits per heavy atom. The molecule has 1 atom stereocenters. The summed E-state index contributed by atoms with van der Waals surface area (Å²) in [6.07, 6.45) is 0.653. The van der Waals surface area contributed by atoms with Gasteiger partial charge in [-0.1, -0.05) is 24.3 Å². The lowest BCUT2D eigenvalue weighted by Gasteiger charge is -2.13. The molecular formula is C18H19NO3. The average molecular weight is 297 g/mol. The molecule has 1 aliphatic heterocycles. The zero-order chi connectivity index (χ0) is 15.7. The van der Waals surface area contributed by atoms with Crippen molar-refractivity contribution in [2.75, 3.05) is 26.2 Å². The maximum absolute atomic E-state index is 12.5. The maximum Gasteiger partial charge on any atom is 0.234 e. The summed E-state index contributed by atoms with van der Waals surface area (Å²) in [7, 11) is 5.06. The van der Waals surface area contributed by atoms with Crippen LogP contribution < -0.4 is 14.4 Å². The third-order valence-corrected chi connectivity index (χ3v) is 4.19. The van der Waals surface area contributed by atoms with E-state index in [2.05, 4.69) is 0 Å². The Hall–Kier alpha value is -2.49. The predicted octanol–water partition coefficient (Wildman–Crippen LogP) is 3.01. The first-order valence-corrected chi connectivity index (χ1v) is 7.23. The molecule has 0 radical (unpaired) electrons. The summed E-state index contributed by atoms with van der Waals surface area (Å²) in [6, 6.07) is 13.8. The maximum atomic E-state index is 12.5. The van der Waals surface area contributed by atoms with Crippen LogP contribution in [0.2, 0.25) is 0 Å². The number of ether oxygens (including phenoxy) is 2. The van der Waals surface area contributed by atoms with Crippen molar-refractivity contribution >= 4 is 11.6 Å². The minimum absolute atomic E-state index is 0.135. The number of likely N-dealkylation sites (N-methyl/N-ethyl adjacent to an activating group) is 1. The van der Waals surface area contributed by atoms with Gasteiger partial charge in [0.1, 0.15) is 0 Å². The van der Waals surface area contributed by atoms with Crippen LogP contribution in [-0.2, 0) is 11.2 Å². The van der Waals surface area contributed by atoms with Crippen molar-refractivity contribution in [2.45, 2.75) is 12.3 Å². The number of para-hydroxylation sites is 1. The van der Waals surface area contributed by atoms with Crippen molar-refractivity contribution in [3.05, 3.63) is 53.6 Å². The van der Waals surface area contributed by atoms with Gasteiger partial charge in [0.2, 0.25) is 5.91 Å². The van der Waals surface area contributed by atoms with Gasteiger partial charge in [-0.25, -0.2) is 0 Å². The number of rotatable bonds is 4. The highest BCUT2D eigenvalue weighted by atomic mass is 16.5. The first-order valence-electron chi connectivity index (χ1n) is 7.23. The van der Waals surface area contributed by atoms with Crippen LogP contribution in [0.25, 0.3) is 0 Å². The standard InChI is InChI=1S/C18H19NO3/c1-19-15-7-5-4-6-13(15)14(18(19)20)10-12-8-9-16(21-2)17(11-12)22-3/h4-9,11,14H,10H2,1-3H3/t14-/m0/s1. The molecule has 1 amide bonds. The van der Waals surface area contributed by atoms with Gasteiger partial charge >= 0.3 is 0 Å². The van der Waals surface area contributed by atoms with Crippen LogP contribution >= 0.6 is 0 Å². The molecule has 0 saturated heterocycles. The second-order valence-corrected chi connectivity index (χ2v) is 5.40. The van der Waals surface area contributed by atoms with Crippen molar-refractivity contribution in [1.82, 2.24) is 0 Å². The zero-order valence-corrected chi connectivity index (χ0v) is 13.0.